The first-order chi connectivity index (χ1) is 14.2. The van der Waals surface area contributed by atoms with E-state index in [1.807, 2.05) is 31.2 Å². The van der Waals surface area contributed by atoms with Gasteiger partial charge in [0, 0.05) is 23.8 Å². The number of carbonyl (C=O) groups is 1. The van der Waals surface area contributed by atoms with Crippen molar-refractivity contribution in [3.63, 3.8) is 0 Å². The third-order valence-corrected chi connectivity index (χ3v) is 6.67. The van der Waals surface area contributed by atoms with Crippen molar-refractivity contribution in [2.45, 2.75) is 32.4 Å². The highest BCUT2D eigenvalue weighted by molar-refractivity contribution is 7.19. The summed E-state index contributed by atoms with van der Waals surface area (Å²) in [7, 11) is 0. The van der Waals surface area contributed by atoms with Gasteiger partial charge in [0.1, 0.15) is 22.0 Å². The molecule has 1 unspecified atom stereocenters. The van der Waals surface area contributed by atoms with Gasteiger partial charge in [0.15, 0.2) is 6.10 Å². The number of hydrogen-bond donors (Lipinski definition) is 1. The molecule has 4 rings (SSSR count). The maximum atomic E-state index is 11.3. The summed E-state index contributed by atoms with van der Waals surface area (Å²) >= 11 is 3.52. The Labute approximate surface area is 177 Å². The van der Waals surface area contributed by atoms with Crippen LogP contribution in [0.15, 0.2) is 47.2 Å². The van der Waals surface area contributed by atoms with Crippen LogP contribution < -0.4 is 4.74 Å². The number of rotatable bonds is 10. The first-order valence-electron chi connectivity index (χ1n) is 9.66. The number of ether oxygens (including phenoxy) is 2. The topological polar surface area (TPSA) is 60.7 Å². The quantitative estimate of drug-likeness (QED) is 0.366. The molecule has 0 saturated heterocycles. The zero-order valence-corrected chi connectivity index (χ0v) is 17.8. The second-order valence-electron chi connectivity index (χ2n) is 6.82. The second kappa shape index (κ2) is 8.98. The smallest absolute Gasteiger partial charge is 0.333 e. The first-order valence-corrected chi connectivity index (χ1v) is 11.4. The predicted molar refractivity (Wildman–Crippen MR) is 119 cm³/mol. The monoisotopic (exact) mass is 429 g/mol. The van der Waals surface area contributed by atoms with E-state index in [1.54, 1.807) is 22.7 Å². The summed E-state index contributed by atoms with van der Waals surface area (Å²) in [6.45, 7) is 3.78. The van der Waals surface area contributed by atoms with E-state index in [2.05, 4.69) is 27.5 Å². The molecule has 1 atom stereocenters. The lowest BCUT2D eigenvalue weighted by molar-refractivity contribution is -0.150. The fraction of sp³-hybridized carbons (Fsp3) is 0.318. The number of carboxylic acid groups (broad SMARTS) is 1. The molecule has 3 heterocycles. The number of aromatic nitrogens is 1. The maximum Gasteiger partial charge on any atom is 0.333 e. The zero-order chi connectivity index (χ0) is 20.2. The van der Waals surface area contributed by atoms with Crippen LogP contribution in [-0.4, -0.2) is 35.0 Å². The summed E-state index contributed by atoms with van der Waals surface area (Å²) in [6.07, 6.45) is 0.344. The average molecular weight is 430 g/mol. The van der Waals surface area contributed by atoms with Crippen LogP contribution in [0.25, 0.3) is 20.4 Å². The van der Waals surface area contributed by atoms with Gasteiger partial charge in [0.2, 0.25) is 0 Å². The van der Waals surface area contributed by atoms with Crippen LogP contribution in [0.1, 0.15) is 18.9 Å². The fourth-order valence-electron chi connectivity index (χ4n) is 3.39. The van der Waals surface area contributed by atoms with E-state index in [0.717, 1.165) is 24.3 Å². The van der Waals surface area contributed by atoms with Crippen molar-refractivity contribution in [1.29, 1.82) is 0 Å². The number of thiophene rings is 2. The molecule has 7 heteroatoms. The molecule has 0 saturated carbocycles. The van der Waals surface area contributed by atoms with E-state index in [-0.39, 0.29) is 0 Å². The molecule has 0 radical (unpaired) electrons. The Kier molecular flexibility index (Phi) is 6.18. The van der Waals surface area contributed by atoms with Crippen LogP contribution in [0.3, 0.4) is 0 Å². The van der Waals surface area contributed by atoms with Crippen molar-refractivity contribution in [2.75, 3.05) is 13.2 Å². The fourth-order valence-corrected chi connectivity index (χ4v) is 5.35. The largest absolute Gasteiger partial charge is 0.492 e. The number of fused-ring (bicyclic) bond motifs is 3. The molecule has 5 nitrogen and oxygen atoms in total. The van der Waals surface area contributed by atoms with Gasteiger partial charge < -0.3 is 19.1 Å². The normalized spacial score (nSPS) is 12.6. The third-order valence-electron chi connectivity index (χ3n) is 4.80. The number of nitrogens with zero attached hydrogens (tertiary/aromatic N) is 1. The van der Waals surface area contributed by atoms with Gasteiger partial charge in [0.25, 0.3) is 0 Å². The van der Waals surface area contributed by atoms with Crippen LogP contribution in [0.5, 0.6) is 5.75 Å². The van der Waals surface area contributed by atoms with Crippen molar-refractivity contribution >= 4 is 49.1 Å². The Hall–Kier alpha value is -2.35. The Morgan fingerprint density at radius 2 is 1.69 bits per heavy atom. The summed E-state index contributed by atoms with van der Waals surface area (Å²) in [5.41, 5.74) is 0.923. The lowest BCUT2D eigenvalue weighted by Crippen LogP contribution is -2.26. The molecule has 152 valence electrons. The van der Waals surface area contributed by atoms with Gasteiger partial charge in [-0.05, 0) is 47.0 Å². The van der Waals surface area contributed by atoms with E-state index in [4.69, 9.17) is 9.47 Å². The summed E-state index contributed by atoms with van der Waals surface area (Å²) in [5, 5.41) is 16.2. The van der Waals surface area contributed by atoms with Crippen molar-refractivity contribution in [2.24, 2.45) is 0 Å². The standard InChI is InChI=1S/C22H23NO4S2/c1-2-10-27-19(22(24)25)14-15-3-5-16(6-4-15)26-11-9-23-20-17(7-12-28-20)18-8-13-29-21(18)23/h3-8,12-13,19H,2,9-11,14H2,1H3,(H,24,25). The Bertz CT molecular complexity index is 1050. The molecule has 1 aromatic carbocycles. The van der Waals surface area contributed by atoms with E-state index < -0.39 is 12.1 Å². The molecule has 0 amide bonds. The van der Waals surface area contributed by atoms with Crippen molar-refractivity contribution < 1.29 is 19.4 Å². The van der Waals surface area contributed by atoms with Gasteiger partial charge in [-0.2, -0.15) is 0 Å². The van der Waals surface area contributed by atoms with Gasteiger partial charge >= 0.3 is 5.97 Å². The van der Waals surface area contributed by atoms with E-state index >= 15 is 0 Å². The van der Waals surface area contributed by atoms with Gasteiger partial charge in [-0.1, -0.05) is 19.1 Å². The maximum absolute atomic E-state index is 11.3. The highest BCUT2D eigenvalue weighted by Crippen LogP contribution is 2.35. The predicted octanol–water partition coefficient (Wildman–Crippen LogP) is 5.42. The minimum absolute atomic E-state index is 0.353. The number of hydrogen-bond acceptors (Lipinski definition) is 5. The van der Waals surface area contributed by atoms with E-state index in [1.165, 1.54) is 20.4 Å². The Morgan fingerprint density at radius 3 is 2.28 bits per heavy atom. The highest BCUT2D eigenvalue weighted by Gasteiger charge is 2.18. The zero-order valence-electron chi connectivity index (χ0n) is 16.2. The molecule has 1 N–H and O–H groups in total. The number of carboxylic acids is 1. The minimum Gasteiger partial charge on any atom is -0.492 e. The average Bonchev–Trinajstić information content (AvgIpc) is 3.42. The number of aliphatic carboxylic acids is 1. The molecule has 0 bridgehead atoms. The van der Waals surface area contributed by atoms with Crippen molar-refractivity contribution in [3.8, 4) is 5.75 Å². The molecule has 29 heavy (non-hydrogen) atoms. The molecule has 0 spiro atoms. The number of benzene rings is 1. The highest BCUT2D eigenvalue weighted by atomic mass is 32.1. The molecule has 4 aromatic rings. The van der Waals surface area contributed by atoms with Crippen LogP contribution >= 0.6 is 22.7 Å². The van der Waals surface area contributed by atoms with Crippen LogP contribution in [0.4, 0.5) is 0 Å². The lowest BCUT2D eigenvalue weighted by atomic mass is 10.1. The third kappa shape index (κ3) is 4.32. The van der Waals surface area contributed by atoms with Crippen LogP contribution in [0, 0.1) is 0 Å². The lowest BCUT2D eigenvalue weighted by Gasteiger charge is -2.14. The van der Waals surface area contributed by atoms with Gasteiger partial charge in [0.05, 0.1) is 6.54 Å². The summed E-state index contributed by atoms with van der Waals surface area (Å²) in [4.78, 5) is 13.9. The summed E-state index contributed by atoms with van der Waals surface area (Å²) in [5.74, 6) is -0.141. The SMILES string of the molecule is CCCOC(Cc1ccc(OCCn2c3sccc3c3ccsc32)cc1)C(=O)O. The molecular weight excluding hydrogens is 406 g/mol. The molecule has 0 aliphatic rings. The van der Waals surface area contributed by atoms with Crippen molar-refractivity contribution in [3.05, 3.63) is 52.7 Å². The molecule has 0 aliphatic heterocycles. The van der Waals surface area contributed by atoms with Gasteiger partial charge in [-0.3, -0.25) is 0 Å². The first kappa shape index (κ1) is 19.9. The Balaban J connectivity index is 1.36. The molecule has 3 aromatic heterocycles. The van der Waals surface area contributed by atoms with Crippen LogP contribution in [-0.2, 0) is 22.5 Å². The van der Waals surface area contributed by atoms with E-state index in [0.29, 0.717) is 19.6 Å². The van der Waals surface area contributed by atoms with Gasteiger partial charge in [-0.15, -0.1) is 22.7 Å². The van der Waals surface area contributed by atoms with Gasteiger partial charge in [-0.25, -0.2) is 4.79 Å². The molecule has 0 fully saturated rings. The second-order valence-corrected chi connectivity index (χ2v) is 8.61. The summed E-state index contributed by atoms with van der Waals surface area (Å²) < 4.78 is 13.7. The van der Waals surface area contributed by atoms with Crippen LogP contribution in [0.2, 0.25) is 0 Å². The van der Waals surface area contributed by atoms with Crippen molar-refractivity contribution in [1.82, 2.24) is 4.57 Å². The Morgan fingerprint density at radius 1 is 1.03 bits per heavy atom. The van der Waals surface area contributed by atoms with E-state index in [9.17, 15) is 9.90 Å². The molecule has 0 aliphatic carbocycles. The summed E-state index contributed by atoms with van der Waals surface area (Å²) in [6, 6.07) is 12.0. The molecular formula is C22H23NO4S2. The minimum atomic E-state index is -0.926.